The van der Waals surface area contributed by atoms with Gasteiger partial charge in [0.15, 0.2) is 0 Å². The zero-order chi connectivity index (χ0) is 10.1. The number of alkyl halides is 1. The first-order chi connectivity index (χ1) is 6.77. The zero-order valence-electron chi connectivity index (χ0n) is 8.01. The van der Waals surface area contributed by atoms with Crippen molar-refractivity contribution in [1.29, 1.82) is 0 Å². The molecule has 1 aromatic heterocycles. The summed E-state index contributed by atoms with van der Waals surface area (Å²) in [6.07, 6.45) is 1.07. The maximum Gasteiger partial charge on any atom is 0.0506 e. The molecule has 3 heteroatoms. The van der Waals surface area contributed by atoms with Gasteiger partial charge in [0.2, 0.25) is 0 Å². The van der Waals surface area contributed by atoms with Gasteiger partial charge in [-0.05, 0) is 17.5 Å². The molecule has 1 heterocycles. The Bertz CT molecular complexity index is 462. The first-order valence-corrected chi connectivity index (χ1v) is 6.61. The molecular weight excluding hydrogens is 258 g/mol. The van der Waals surface area contributed by atoms with Gasteiger partial charge < -0.3 is 5.73 Å². The molecule has 0 bridgehead atoms. The largest absolute Gasteiger partial charge is 0.398 e. The molecule has 0 saturated carbocycles. The third-order valence-electron chi connectivity index (χ3n) is 2.44. The molecule has 1 aromatic carbocycles. The second kappa shape index (κ2) is 3.91. The summed E-state index contributed by atoms with van der Waals surface area (Å²) in [6.45, 7) is 2.18. The van der Waals surface area contributed by atoms with Crippen molar-refractivity contribution in [2.45, 2.75) is 18.7 Å². The molecule has 0 unspecified atom stereocenters. The quantitative estimate of drug-likeness (QED) is 0.822. The second-order valence-corrected chi connectivity index (χ2v) is 4.71. The number of hydrogen-bond donors (Lipinski definition) is 1. The van der Waals surface area contributed by atoms with E-state index in [-0.39, 0.29) is 0 Å². The maximum atomic E-state index is 5.97. The predicted octanol–water partition coefficient (Wildman–Crippen LogP) is 3.94. The number of thiophene rings is 1. The number of aryl methyl sites for hydroxylation is 1. The lowest BCUT2D eigenvalue weighted by molar-refractivity contribution is 1.16. The van der Waals surface area contributed by atoms with Gasteiger partial charge in [0, 0.05) is 20.8 Å². The molecule has 0 aliphatic heterocycles. The van der Waals surface area contributed by atoms with E-state index in [4.69, 9.17) is 5.73 Å². The molecule has 0 amide bonds. The highest BCUT2D eigenvalue weighted by Gasteiger charge is 2.08. The van der Waals surface area contributed by atoms with Crippen LogP contribution >= 0.6 is 27.3 Å². The molecule has 0 atom stereocenters. The SMILES string of the molecule is CCc1ccc(CBr)c2c(N)csc12. The molecule has 74 valence electrons. The minimum Gasteiger partial charge on any atom is -0.398 e. The summed E-state index contributed by atoms with van der Waals surface area (Å²) in [7, 11) is 0. The van der Waals surface area contributed by atoms with Gasteiger partial charge in [-0.1, -0.05) is 35.0 Å². The Morgan fingerprint density at radius 3 is 2.71 bits per heavy atom. The van der Waals surface area contributed by atoms with Gasteiger partial charge in [-0.3, -0.25) is 0 Å². The van der Waals surface area contributed by atoms with Gasteiger partial charge in [-0.15, -0.1) is 11.3 Å². The highest BCUT2D eigenvalue weighted by Crippen LogP contribution is 2.34. The van der Waals surface area contributed by atoms with Crippen LogP contribution < -0.4 is 5.73 Å². The summed E-state index contributed by atoms with van der Waals surface area (Å²) >= 11 is 5.24. The molecule has 14 heavy (non-hydrogen) atoms. The first kappa shape index (κ1) is 9.99. The minimum atomic E-state index is 0.869. The summed E-state index contributed by atoms with van der Waals surface area (Å²) in [6, 6.07) is 4.37. The van der Waals surface area contributed by atoms with Crippen molar-refractivity contribution < 1.29 is 0 Å². The van der Waals surface area contributed by atoms with E-state index in [0.29, 0.717) is 0 Å². The van der Waals surface area contributed by atoms with Crippen molar-refractivity contribution in [2.24, 2.45) is 0 Å². The minimum absolute atomic E-state index is 0.869. The molecule has 1 nitrogen and oxygen atoms in total. The monoisotopic (exact) mass is 269 g/mol. The molecule has 2 N–H and O–H groups in total. The molecule has 0 saturated heterocycles. The Hall–Kier alpha value is -0.540. The number of nitrogen functional groups attached to an aromatic ring is 1. The Kier molecular flexibility index (Phi) is 2.79. The zero-order valence-corrected chi connectivity index (χ0v) is 10.4. The van der Waals surface area contributed by atoms with Gasteiger partial charge in [0.05, 0.1) is 5.69 Å². The van der Waals surface area contributed by atoms with Crippen LogP contribution in [0.1, 0.15) is 18.1 Å². The van der Waals surface area contributed by atoms with E-state index in [1.807, 2.05) is 5.38 Å². The first-order valence-electron chi connectivity index (χ1n) is 4.61. The fourth-order valence-corrected chi connectivity index (χ4v) is 3.25. The molecule has 0 fully saturated rings. The van der Waals surface area contributed by atoms with Crippen molar-refractivity contribution in [3.05, 3.63) is 28.6 Å². The Morgan fingerprint density at radius 2 is 2.07 bits per heavy atom. The van der Waals surface area contributed by atoms with E-state index >= 15 is 0 Å². The van der Waals surface area contributed by atoms with Crippen LogP contribution in [0.3, 0.4) is 0 Å². The predicted molar refractivity (Wildman–Crippen MR) is 68.2 cm³/mol. The molecule has 0 aliphatic rings. The van der Waals surface area contributed by atoms with Crippen LogP contribution in [-0.4, -0.2) is 0 Å². The van der Waals surface area contributed by atoms with Crippen LogP contribution in [-0.2, 0) is 11.8 Å². The highest BCUT2D eigenvalue weighted by atomic mass is 79.9. The van der Waals surface area contributed by atoms with Crippen molar-refractivity contribution in [1.82, 2.24) is 0 Å². The van der Waals surface area contributed by atoms with Gasteiger partial charge in [-0.25, -0.2) is 0 Å². The van der Waals surface area contributed by atoms with E-state index in [0.717, 1.165) is 17.4 Å². The summed E-state index contributed by atoms with van der Waals surface area (Å²) in [5, 5.41) is 4.15. The van der Waals surface area contributed by atoms with Gasteiger partial charge in [-0.2, -0.15) is 0 Å². The van der Waals surface area contributed by atoms with Crippen molar-refractivity contribution >= 4 is 43.0 Å². The van der Waals surface area contributed by atoms with E-state index in [9.17, 15) is 0 Å². The van der Waals surface area contributed by atoms with E-state index in [1.54, 1.807) is 11.3 Å². The van der Waals surface area contributed by atoms with E-state index in [1.165, 1.54) is 21.2 Å². The van der Waals surface area contributed by atoms with Gasteiger partial charge in [0.1, 0.15) is 0 Å². The van der Waals surface area contributed by atoms with E-state index < -0.39 is 0 Å². The fourth-order valence-electron chi connectivity index (χ4n) is 1.69. The summed E-state index contributed by atoms with van der Waals surface area (Å²) in [5.41, 5.74) is 9.56. The van der Waals surface area contributed by atoms with Crippen molar-refractivity contribution in [3.8, 4) is 0 Å². The van der Waals surface area contributed by atoms with Crippen molar-refractivity contribution in [2.75, 3.05) is 5.73 Å². The fraction of sp³-hybridized carbons (Fsp3) is 0.273. The molecule has 0 spiro atoms. The number of nitrogens with two attached hydrogens (primary N) is 1. The highest BCUT2D eigenvalue weighted by molar-refractivity contribution is 9.08. The van der Waals surface area contributed by atoms with Gasteiger partial charge >= 0.3 is 0 Å². The average Bonchev–Trinajstić information content (AvgIpc) is 2.60. The molecular formula is C11H12BrNS. The Balaban J connectivity index is 2.81. The summed E-state index contributed by atoms with van der Waals surface area (Å²) in [5.74, 6) is 0. The normalized spacial score (nSPS) is 11.0. The topological polar surface area (TPSA) is 26.0 Å². The maximum absolute atomic E-state index is 5.97. The number of benzene rings is 1. The van der Waals surface area contributed by atoms with Crippen LogP contribution in [0, 0.1) is 0 Å². The second-order valence-electron chi connectivity index (χ2n) is 3.27. The molecule has 2 rings (SSSR count). The smallest absolute Gasteiger partial charge is 0.0506 e. The average molecular weight is 270 g/mol. The molecule has 0 aliphatic carbocycles. The number of rotatable bonds is 2. The number of anilines is 1. The standard InChI is InChI=1S/C11H12BrNS/c1-2-7-3-4-8(5-12)10-9(13)6-14-11(7)10/h3-4,6H,2,5,13H2,1H3. The van der Waals surface area contributed by atoms with Gasteiger partial charge in [0.25, 0.3) is 0 Å². The Morgan fingerprint density at radius 1 is 1.36 bits per heavy atom. The van der Waals surface area contributed by atoms with Crippen LogP contribution in [0.5, 0.6) is 0 Å². The third-order valence-corrected chi connectivity index (χ3v) is 4.12. The lowest BCUT2D eigenvalue weighted by atomic mass is 10.1. The van der Waals surface area contributed by atoms with Crippen LogP contribution in [0.2, 0.25) is 0 Å². The lowest BCUT2D eigenvalue weighted by Crippen LogP contribution is -1.88. The molecule has 0 radical (unpaired) electrons. The summed E-state index contributed by atoms with van der Waals surface area (Å²) in [4.78, 5) is 0. The Labute approximate surface area is 96.1 Å². The lowest BCUT2D eigenvalue weighted by Gasteiger charge is -2.04. The number of halogens is 1. The summed E-state index contributed by atoms with van der Waals surface area (Å²) < 4.78 is 1.35. The van der Waals surface area contributed by atoms with E-state index in [2.05, 4.69) is 35.0 Å². The number of hydrogen-bond acceptors (Lipinski definition) is 2. The van der Waals surface area contributed by atoms with Crippen LogP contribution in [0.4, 0.5) is 5.69 Å². The third kappa shape index (κ3) is 1.44. The van der Waals surface area contributed by atoms with Crippen LogP contribution in [0.15, 0.2) is 17.5 Å². The number of fused-ring (bicyclic) bond motifs is 1. The van der Waals surface area contributed by atoms with Crippen LogP contribution in [0.25, 0.3) is 10.1 Å². The van der Waals surface area contributed by atoms with Crippen molar-refractivity contribution in [3.63, 3.8) is 0 Å². The molecule has 2 aromatic rings.